The smallest absolute Gasteiger partial charge is 0.219 e. The molecule has 0 aromatic heterocycles. The van der Waals surface area contributed by atoms with E-state index in [0.717, 1.165) is 0 Å². The number of hydrogen-bond donors (Lipinski definition) is 8. The van der Waals surface area contributed by atoms with Crippen molar-refractivity contribution in [3.63, 3.8) is 0 Å². The Labute approximate surface area is 130 Å². The molecule has 0 bridgehead atoms. The van der Waals surface area contributed by atoms with Crippen LogP contribution in [-0.2, 0) is 14.2 Å². The highest BCUT2D eigenvalue weighted by molar-refractivity contribution is 4.93. The summed E-state index contributed by atoms with van der Waals surface area (Å²) in [7, 11) is 0. The van der Waals surface area contributed by atoms with E-state index in [9.17, 15) is 35.7 Å². The van der Waals surface area contributed by atoms with Gasteiger partial charge in [0.25, 0.3) is 0 Å². The van der Waals surface area contributed by atoms with Gasteiger partial charge in [-0.1, -0.05) is 0 Å². The molecule has 8 N–H and O–H groups in total. The van der Waals surface area contributed by atoms with Crippen LogP contribution in [0, 0.1) is 0 Å². The Kier molecular flexibility index (Phi) is 5.92. The number of aliphatic hydroxyl groups excluding tert-OH is 7. The third kappa shape index (κ3) is 3.65. The molecule has 136 valence electrons. The molecule has 0 spiro atoms. The Morgan fingerprint density at radius 3 is 2.22 bits per heavy atom. The number of rotatable bonds is 4. The normalized spacial score (nSPS) is 51.7. The molecule has 2 fully saturated rings. The highest BCUT2D eigenvalue weighted by Gasteiger charge is 2.50. The SMILES string of the molecule is OC[C@H]1O[C@H](OCC2(O)OC[C@@H](O)[C@@H](O)[C@@H]2O)[C@H](O)[C@@H](O)[C@@H]1O. The monoisotopic (exact) mass is 342 g/mol. The molecule has 1 unspecified atom stereocenters. The Hall–Kier alpha value is -0.440. The number of ether oxygens (including phenoxy) is 3. The minimum atomic E-state index is -2.38. The van der Waals surface area contributed by atoms with Crippen LogP contribution in [0.5, 0.6) is 0 Å². The van der Waals surface area contributed by atoms with Gasteiger partial charge < -0.3 is 55.1 Å². The van der Waals surface area contributed by atoms with Crippen LogP contribution < -0.4 is 0 Å². The van der Waals surface area contributed by atoms with Crippen molar-refractivity contribution in [1.29, 1.82) is 0 Å². The summed E-state index contributed by atoms with van der Waals surface area (Å²) >= 11 is 0. The molecule has 2 aliphatic heterocycles. The fourth-order valence-electron chi connectivity index (χ4n) is 2.42. The van der Waals surface area contributed by atoms with E-state index >= 15 is 0 Å². The molecule has 2 heterocycles. The van der Waals surface area contributed by atoms with Gasteiger partial charge in [-0.05, 0) is 0 Å². The summed E-state index contributed by atoms with van der Waals surface area (Å²) in [6, 6.07) is 0. The van der Waals surface area contributed by atoms with Gasteiger partial charge in [0, 0.05) is 0 Å². The lowest BCUT2D eigenvalue weighted by Gasteiger charge is -2.44. The number of aliphatic hydroxyl groups is 8. The Balaban J connectivity index is 1.99. The first-order valence-electron chi connectivity index (χ1n) is 7.04. The van der Waals surface area contributed by atoms with Gasteiger partial charge in [0.05, 0.1) is 13.2 Å². The number of hydrogen-bond acceptors (Lipinski definition) is 11. The Bertz CT molecular complexity index is 393. The zero-order valence-electron chi connectivity index (χ0n) is 12.0. The molecule has 0 aromatic carbocycles. The minimum absolute atomic E-state index is 0.466. The van der Waals surface area contributed by atoms with Crippen molar-refractivity contribution >= 4 is 0 Å². The third-order valence-corrected chi connectivity index (χ3v) is 3.99. The summed E-state index contributed by atoms with van der Waals surface area (Å²) in [6.07, 6.45) is -12.6. The zero-order valence-corrected chi connectivity index (χ0v) is 12.0. The lowest BCUT2D eigenvalue weighted by atomic mass is 9.97. The molecule has 2 saturated heterocycles. The van der Waals surface area contributed by atoms with Gasteiger partial charge in [0.15, 0.2) is 6.29 Å². The first-order chi connectivity index (χ1) is 10.7. The van der Waals surface area contributed by atoms with Crippen LogP contribution in [0.1, 0.15) is 0 Å². The van der Waals surface area contributed by atoms with Crippen LogP contribution in [0.25, 0.3) is 0 Å². The maximum Gasteiger partial charge on any atom is 0.219 e. The second kappa shape index (κ2) is 7.21. The van der Waals surface area contributed by atoms with Crippen LogP contribution in [0.4, 0.5) is 0 Å². The maximum absolute atomic E-state index is 10.1. The van der Waals surface area contributed by atoms with E-state index in [1.165, 1.54) is 0 Å². The Morgan fingerprint density at radius 2 is 1.61 bits per heavy atom. The van der Waals surface area contributed by atoms with Crippen molar-refractivity contribution < 1.29 is 55.1 Å². The first-order valence-corrected chi connectivity index (χ1v) is 7.04. The van der Waals surface area contributed by atoms with E-state index in [1.807, 2.05) is 0 Å². The maximum atomic E-state index is 10.1. The molecular formula is C12H22O11. The molecule has 23 heavy (non-hydrogen) atoms. The van der Waals surface area contributed by atoms with Gasteiger partial charge in [-0.25, -0.2) is 0 Å². The van der Waals surface area contributed by atoms with Crippen molar-refractivity contribution in [2.24, 2.45) is 0 Å². The predicted octanol–water partition coefficient (Wildman–Crippen LogP) is -5.40. The van der Waals surface area contributed by atoms with Gasteiger partial charge >= 0.3 is 0 Å². The summed E-state index contributed by atoms with van der Waals surface area (Å²) in [4.78, 5) is 0. The summed E-state index contributed by atoms with van der Waals surface area (Å²) in [5.41, 5.74) is 0. The molecular weight excluding hydrogens is 320 g/mol. The van der Waals surface area contributed by atoms with Crippen LogP contribution in [0.15, 0.2) is 0 Å². The van der Waals surface area contributed by atoms with Crippen LogP contribution in [-0.4, -0.2) is 115 Å². The zero-order chi connectivity index (χ0) is 17.4. The van der Waals surface area contributed by atoms with E-state index in [4.69, 9.17) is 19.3 Å². The highest BCUT2D eigenvalue weighted by Crippen LogP contribution is 2.27. The average molecular weight is 342 g/mol. The van der Waals surface area contributed by atoms with Gasteiger partial charge in [-0.15, -0.1) is 0 Å². The molecule has 11 nitrogen and oxygen atoms in total. The minimum Gasteiger partial charge on any atom is -0.394 e. The van der Waals surface area contributed by atoms with E-state index in [1.54, 1.807) is 0 Å². The first kappa shape index (κ1) is 18.9. The van der Waals surface area contributed by atoms with Crippen LogP contribution in [0.3, 0.4) is 0 Å². The second-order valence-electron chi connectivity index (χ2n) is 5.67. The summed E-state index contributed by atoms with van der Waals surface area (Å²) in [5, 5.41) is 76.8. The summed E-state index contributed by atoms with van der Waals surface area (Å²) < 4.78 is 15.0. The van der Waals surface area contributed by atoms with Crippen molar-refractivity contribution in [2.75, 3.05) is 19.8 Å². The fourth-order valence-corrected chi connectivity index (χ4v) is 2.42. The fraction of sp³-hybridized carbons (Fsp3) is 1.00. The van der Waals surface area contributed by atoms with Crippen molar-refractivity contribution in [2.45, 2.75) is 54.8 Å². The van der Waals surface area contributed by atoms with E-state index < -0.39 is 74.6 Å². The summed E-state index contributed by atoms with van der Waals surface area (Å²) in [6.45, 7) is -1.90. The molecule has 11 heteroatoms. The predicted molar refractivity (Wildman–Crippen MR) is 68.6 cm³/mol. The molecule has 9 atom stereocenters. The van der Waals surface area contributed by atoms with E-state index in [-0.39, 0.29) is 0 Å². The summed E-state index contributed by atoms with van der Waals surface area (Å²) in [5.74, 6) is -2.38. The molecule has 0 radical (unpaired) electrons. The van der Waals surface area contributed by atoms with Gasteiger partial charge in [0.2, 0.25) is 5.79 Å². The average Bonchev–Trinajstić information content (AvgIpc) is 2.54. The molecule has 0 saturated carbocycles. The molecule has 0 amide bonds. The Morgan fingerprint density at radius 1 is 0.957 bits per heavy atom. The largest absolute Gasteiger partial charge is 0.394 e. The van der Waals surface area contributed by atoms with Crippen molar-refractivity contribution in [3.8, 4) is 0 Å². The third-order valence-electron chi connectivity index (χ3n) is 3.99. The van der Waals surface area contributed by atoms with Crippen molar-refractivity contribution in [1.82, 2.24) is 0 Å². The topological polar surface area (TPSA) is 190 Å². The van der Waals surface area contributed by atoms with Crippen molar-refractivity contribution in [3.05, 3.63) is 0 Å². The van der Waals surface area contributed by atoms with Crippen LogP contribution in [0.2, 0.25) is 0 Å². The molecule has 0 aliphatic carbocycles. The van der Waals surface area contributed by atoms with E-state index in [0.29, 0.717) is 0 Å². The molecule has 2 rings (SSSR count). The van der Waals surface area contributed by atoms with Gasteiger partial charge in [0.1, 0.15) is 49.3 Å². The van der Waals surface area contributed by atoms with E-state index in [2.05, 4.69) is 0 Å². The van der Waals surface area contributed by atoms with Gasteiger partial charge in [-0.2, -0.15) is 0 Å². The molecule has 2 aliphatic rings. The van der Waals surface area contributed by atoms with Gasteiger partial charge in [-0.3, -0.25) is 0 Å². The lowest BCUT2D eigenvalue weighted by Crippen LogP contribution is -2.64. The molecule has 0 aromatic rings. The second-order valence-corrected chi connectivity index (χ2v) is 5.67. The van der Waals surface area contributed by atoms with Crippen LogP contribution >= 0.6 is 0 Å². The quantitative estimate of drug-likeness (QED) is 0.243. The standard InChI is InChI=1S/C12H22O11/c13-1-5-7(16)8(17)9(18)11(23-5)21-3-12(20)10(19)6(15)4(14)2-22-12/h4-11,13-20H,1-3H2/t4-,5-,6-,7-,8+,9-,10+,11+,12?/m1/s1. The highest BCUT2D eigenvalue weighted by atomic mass is 16.7. The lowest BCUT2D eigenvalue weighted by molar-refractivity contribution is -0.364.